The molecule has 0 aliphatic rings. The number of benzene rings is 1. The summed E-state index contributed by atoms with van der Waals surface area (Å²) in [5, 5.41) is 6.76. The van der Waals surface area contributed by atoms with Crippen molar-refractivity contribution in [1.82, 2.24) is 0 Å². The molecule has 0 radical (unpaired) electrons. The van der Waals surface area contributed by atoms with Crippen molar-refractivity contribution in [3.8, 4) is 5.75 Å². The summed E-state index contributed by atoms with van der Waals surface area (Å²) < 4.78 is 31.0. The highest BCUT2D eigenvalue weighted by molar-refractivity contribution is 7.93. The van der Waals surface area contributed by atoms with Gasteiger partial charge in [-0.25, -0.2) is 8.42 Å². The number of methoxy groups -OCH3 is 1. The normalized spacial score (nSPS) is 11.3. The average Bonchev–Trinajstić information content (AvgIpc) is 2.28. The third-order valence-corrected chi connectivity index (χ3v) is 4.13. The molecule has 0 bridgehead atoms. The molecule has 1 aromatic carbocycles. The summed E-state index contributed by atoms with van der Waals surface area (Å²) in [6.45, 7) is 3.16. The molecule has 1 rings (SSSR count). The zero-order valence-corrected chi connectivity index (χ0v) is 11.3. The monoisotopic (exact) mass is 271 g/mol. The highest BCUT2D eigenvalue weighted by Gasteiger charge is 2.18. The van der Waals surface area contributed by atoms with E-state index in [1.54, 1.807) is 19.9 Å². The third kappa shape index (κ3) is 3.13. The lowest BCUT2D eigenvalue weighted by Gasteiger charge is -2.14. The van der Waals surface area contributed by atoms with Crippen LogP contribution in [0.2, 0.25) is 0 Å². The molecule has 7 heteroatoms. The molecule has 0 aromatic heterocycles. The van der Waals surface area contributed by atoms with Crippen LogP contribution in [-0.2, 0) is 10.0 Å². The van der Waals surface area contributed by atoms with E-state index in [9.17, 15) is 8.42 Å². The van der Waals surface area contributed by atoms with Crippen molar-refractivity contribution in [3.63, 3.8) is 0 Å². The van der Waals surface area contributed by atoms with Crippen LogP contribution in [0.15, 0.2) is 18.2 Å². The summed E-state index contributed by atoms with van der Waals surface area (Å²) in [6, 6.07) is 4.60. The number of hydrogen-bond donors (Lipinski definition) is 3. The standard InChI is InChI=1S/C11H17N3O3S/c1-7(2)18(15,16)14-9-5-4-8(11(12)13)6-10(9)17-3/h4-7,14H,1-3H3,(H3,12,13). The van der Waals surface area contributed by atoms with E-state index in [2.05, 4.69) is 4.72 Å². The Morgan fingerprint density at radius 3 is 2.50 bits per heavy atom. The number of rotatable bonds is 5. The molecule has 0 spiro atoms. The van der Waals surface area contributed by atoms with Gasteiger partial charge in [-0.1, -0.05) is 0 Å². The molecule has 1 aromatic rings. The quantitative estimate of drug-likeness (QED) is 0.551. The zero-order chi connectivity index (χ0) is 13.9. The Morgan fingerprint density at radius 1 is 1.44 bits per heavy atom. The number of amidine groups is 1. The van der Waals surface area contributed by atoms with E-state index >= 15 is 0 Å². The van der Waals surface area contributed by atoms with Crippen LogP contribution >= 0.6 is 0 Å². The first-order valence-electron chi connectivity index (χ1n) is 5.32. The van der Waals surface area contributed by atoms with Gasteiger partial charge in [-0.15, -0.1) is 0 Å². The minimum atomic E-state index is -3.43. The number of anilines is 1. The smallest absolute Gasteiger partial charge is 0.235 e. The van der Waals surface area contributed by atoms with E-state index in [0.29, 0.717) is 17.0 Å². The van der Waals surface area contributed by atoms with Gasteiger partial charge in [0.05, 0.1) is 18.0 Å². The number of nitrogens with one attached hydrogen (secondary N) is 2. The first kappa shape index (κ1) is 14.3. The Kier molecular flexibility index (Phi) is 4.18. The van der Waals surface area contributed by atoms with Gasteiger partial charge < -0.3 is 10.5 Å². The molecule has 0 unspecified atom stereocenters. The van der Waals surface area contributed by atoms with Crippen LogP contribution in [0.5, 0.6) is 5.75 Å². The summed E-state index contributed by atoms with van der Waals surface area (Å²) in [5.74, 6) is 0.221. The molecule has 6 nitrogen and oxygen atoms in total. The van der Waals surface area contributed by atoms with E-state index in [1.807, 2.05) is 0 Å². The zero-order valence-electron chi connectivity index (χ0n) is 10.5. The van der Waals surface area contributed by atoms with Crippen molar-refractivity contribution >= 4 is 21.5 Å². The lowest BCUT2D eigenvalue weighted by Crippen LogP contribution is -2.23. The van der Waals surface area contributed by atoms with Crippen molar-refractivity contribution < 1.29 is 13.2 Å². The number of ether oxygens (including phenoxy) is 1. The number of hydrogen-bond acceptors (Lipinski definition) is 4. The van der Waals surface area contributed by atoms with E-state index in [4.69, 9.17) is 15.9 Å². The van der Waals surface area contributed by atoms with Crippen LogP contribution in [-0.4, -0.2) is 26.6 Å². The highest BCUT2D eigenvalue weighted by atomic mass is 32.2. The molecule has 0 atom stereocenters. The SMILES string of the molecule is COc1cc(C(=N)N)ccc1NS(=O)(=O)C(C)C. The van der Waals surface area contributed by atoms with Gasteiger partial charge in [-0.2, -0.15) is 0 Å². The fraction of sp³-hybridized carbons (Fsp3) is 0.364. The molecule has 0 fully saturated rings. The fourth-order valence-corrected chi connectivity index (χ4v) is 1.93. The summed E-state index contributed by atoms with van der Waals surface area (Å²) in [7, 11) is -2.01. The first-order valence-corrected chi connectivity index (χ1v) is 6.86. The maximum atomic E-state index is 11.8. The van der Waals surface area contributed by atoms with Crippen LogP contribution in [0.25, 0.3) is 0 Å². The summed E-state index contributed by atoms with van der Waals surface area (Å²) in [4.78, 5) is 0. The minimum absolute atomic E-state index is 0.105. The predicted octanol–water partition coefficient (Wildman–Crippen LogP) is 1.13. The van der Waals surface area contributed by atoms with Crippen molar-refractivity contribution in [1.29, 1.82) is 5.41 Å². The maximum Gasteiger partial charge on any atom is 0.235 e. The molecule has 0 amide bonds. The van der Waals surface area contributed by atoms with Gasteiger partial charge in [0.15, 0.2) is 0 Å². The molecule has 0 saturated heterocycles. The molecule has 0 saturated carbocycles. The fourth-order valence-electron chi connectivity index (χ4n) is 1.21. The van der Waals surface area contributed by atoms with Crippen LogP contribution in [0.4, 0.5) is 5.69 Å². The lowest BCUT2D eigenvalue weighted by atomic mass is 10.2. The number of nitrogen functional groups attached to an aromatic ring is 1. The van der Waals surface area contributed by atoms with E-state index in [-0.39, 0.29) is 5.84 Å². The summed E-state index contributed by atoms with van der Waals surface area (Å²) >= 11 is 0. The predicted molar refractivity (Wildman–Crippen MR) is 71.7 cm³/mol. The number of sulfonamides is 1. The Hall–Kier alpha value is -1.76. The molecule has 0 heterocycles. The van der Waals surface area contributed by atoms with Gasteiger partial charge in [0, 0.05) is 5.56 Å². The summed E-state index contributed by atoms with van der Waals surface area (Å²) in [5.41, 5.74) is 6.15. The molecule has 18 heavy (non-hydrogen) atoms. The van der Waals surface area contributed by atoms with Crippen molar-refractivity contribution in [2.45, 2.75) is 19.1 Å². The lowest BCUT2D eigenvalue weighted by molar-refractivity contribution is 0.416. The maximum absolute atomic E-state index is 11.8. The van der Waals surface area contributed by atoms with Gasteiger partial charge in [0.1, 0.15) is 11.6 Å². The first-order chi connectivity index (χ1) is 8.27. The average molecular weight is 271 g/mol. The molecule has 100 valence electrons. The third-order valence-electron chi connectivity index (χ3n) is 2.39. The van der Waals surface area contributed by atoms with E-state index in [0.717, 1.165) is 0 Å². The van der Waals surface area contributed by atoms with E-state index in [1.165, 1.54) is 19.2 Å². The van der Waals surface area contributed by atoms with Crippen molar-refractivity contribution in [3.05, 3.63) is 23.8 Å². The molecule has 0 aliphatic carbocycles. The Bertz CT molecular complexity index is 553. The van der Waals surface area contributed by atoms with Gasteiger partial charge >= 0.3 is 0 Å². The van der Waals surface area contributed by atoms with Crippen LogP contribution in [0, 0.1) is 5.41 Å². The molecular formula is C11H17N3O3S. The van der Waals surface area contributed by atoms with Crippen molar-refractivity contribution in [2.75, 3.05) is 11.8 Å². The minimum Gasteiger partial charge on any atom is -0.495 e. The molecule has 0 aliphatic heterocycles. The Morgan fingerprint density at radius 2 is 2.06 bits per heavy atom. The topological polar surface area (TPSA) is 105 Å². The second-order valence-corrected chi connectivity index (χ2v) is 6.26. The summed E-state index contributed by atoms with van der Waals surface area (Å²) in [6.07, 6.45) is 0. The largest absolute Gasteiger partial charge is 0.495 e. The Labute approximate surface area is 107 Å². The van der Waals surface area contributed by atoms with E-state index < -0.39 is 15.3 Å². The molecule has 4 N–H and O–H groups in total. The Balaban J connectivity index is 3.15. The highest BCUT2D eigenvalue weighted by Crippen LogP contribution is 2.27. The number of nitrogens with two attached hydrogens (primary N) is 1. The van der Waals surface area contributed by atoms with Gasteiger partial charge in [0.25, 0.3) is 0 Å². The second-order valence-electron chi connectivity index (χ2n) is 4.02. The van der Waals surface area contributed by atoms with Crippen molar-refractivity contribution in [2.24, 2.45) is 5.73 Å². The van der Waals surface area contributed by atoms with Crippen LogP contribution in [0.1, 0.15) is 19.4 Å². The van der Waals surface area contributed by atoms with Crippen LogP contribution < -0.4 is 15.2 Å². The van der Waals surface area contributed by atoms with Gasteiger partial charge in [-0.05, 0) is 32.0 Å². The van der Waals surface area contributed by atoms with Gasteiger partial charge in [0.2, 0.25) is 10.0 Å². The second kappa shape index (κ2) is 5.26. The molecular weight excluding hydrogens is 254 g/mol. The van der Waals surface area contributed by atoms with Crippen LogP contribution in [0.3, 0.4) is 0 Å². The van der Waals surface area contributed by atoms with Gasteiger partial charge in [-0.3, -0.25) is 10.1 Å².